The zero-order valence-corrected chi connectivity index (χ0v) is 17.0. The quantitative estimate of drug-likeness (QED) is 0.384. The van der Waals surface area contributed by atoms with E-state index in [9.17, 15) is 25.0 Å². The molecule has 0 fully saturated rings. The van der Waals surface area contributed by atoms with Crippen molar-refractivity contribution in [3.63, 3.8) is 0 Å². The van der Waals surface area contributed by atoms with Gasteiger partial charge in [-0.3, -0.25) is 20.2 Å². The van der Waals surface area contributed by atoms with Crippen LogP contribution in [0.2, 0.25) is 0 Å². The predicted octanol–water partition coefficient (Wildman–Crippen LogP) is 3.79. The van der Waals surface area contributed by atoms with Gasteiger partial charge in [-0.25, -0.2) is 4.79 Å². The third kappa shape index (κ3) is 4.40. The van der Waals surface area contributed by atoms with Crippen LogP contribution in [0.25, 0.3) is 0 Å². The van der Waals surface area contributed by atoms with Crippen molar-refractivity contribution in [2.45, 2.75) is 19.9 Å². The molecule has 11 heteroatoms. The number of nitrogens with zero attached hydrogens (tertiary/aromatic N) is 2. The first-order valence-corrected chi connectivity index (χ1v) is 8.68. The number of nitrogens with one attached hydrogen (secondary N) is 1. The Morgan fingerprint density at radius 2 is 1.60 bits per heavy atom. The van der Waals surface area contributed by atoms with Crippen molar-refractivity contribution in [1.29, 1.82) is 0 Å². The van der Waals surface area contributed by atoms with Crippen LogP contribution in [-0.4, -0.2) is 37.1 Å². The van der Waals surface area contributed by atoms with Gasteiger partial charge in [-0.2, -0.15) is 0 Å². The molecule has 0 aliphatic rings. The lowest BCUT2D eigenvalue weighted by Crippen LogP contribution is -2.15. The van der Waals surface area contributed by atoms with E-state index in [0.717, 1.165) is 30.4 Å². The van der Waals surface area contributed by atoms with Crippen LogP contribution in [0.15, 0.2) is 24.3 Å². The van der Waals surface area contributed by atoms with Crippen LogP contribution in [0.4, 0.5) is 17.1 Å². The molecule has 0 aliphatic heterocycles. The zero-order valence-electron chi connectivity index (χ0n) is 17.0. The maximum Gasteiger partial charge on any atom is 0.340 e. The van der Waals surface area contributed by atoms with Crippen molar-refractivity contribution < 1.29 is 28.9 Å². The molecule has 0 saturated carbocycles. The topological polar surface area (TPSA) is 143 Å². The first kappa shape index (κ1) is 22.4. The van der Waals surface area contributed by atoms with Gasteiger partial charge in [-0.1, -0.05) is 0 Å². The lowest BCUT2D eigenvalue weighted by Gasteiger charge is -2.21. The minimum atomic E-state index is -0.944. The molecule has 30 heavy (non-hydrogen) atoms. The summed E-state index contributed by atoms with van der Waals surface area (Å²) in [5.74, 6) is 0.0289. The van der Waals surface area contributed by atoms with Crippen LogP contribution in [-0.2, 0) is 4.74 Å². The van der Waals surface area contributed by atoms with E-state index in [0.29, 0.717) is 11.5 Å². The SMILES string of the molecule is COC(=O)c1cc([N+](=O)[O-])cc([N+](=O)[O-])c1NC(C)c1cc(OC)c(OC)cc1C. The van der Waals surface area contributed by atoms with Crippen molar-refractivity contribution in [2.24, 2.45) is 0 Å². The van der Waals surface area contributed by atoms with Gasteiger partial charge >= 0.3 is 5.97 Å². The van der Waals surface area contributed by atoms with Gasteiger partial charge in [0.25, 0.3) is 11.4 Å². The minimum absolute atomic E-state index is 0.181. The van der Waals surface area contributed by atoms with Crippen molar-refractivity contribution in [3.05, 3.63) is 61.2 Å². The molecule has 0 amide bonds. The highest BCUT2D eigenvalue weighted by atomic mass is 16.6. The van der Waals surface area contributed by atoms with Gasteiger partial charge in [0.1, 0.15) is 5.69 Å². The standard InChI is InChI=1S/C19H21N3O8/c1-10-6-16(28-3)17(29-4)9-13(10)11(2)20-18-14(19(23)30-5)7-12(21(24)25)8-15(18)22(26)27/h6-9,11,20H,1-5H3. The van der Waals surface area contributed by atoms with E-state index in [1.807, 2.05) is 6.92 Å². The van der Waals surface area contributed by atoms with E-state index in [2.05, 4.69) is 10.1 Å². The Morgan fingerprint density at radius 1 is 1.00 bits per heavy atom. The number of methoxy groups -OCH3 is 3. The highest BCUT2D eigenvalue weighted by molar-refractivity contribution is 5.99. The number of hydrogen-bond acceptors (Lipinski definition) is 9. The van der Waals surface area contributed by atoms with Crippen molar-refractivity contribution in [3.8, 4) is 11.5 Å². The summed E-state index contributed by atoms with van der Waals surface area (Å²) in [4.78, 5) is 33.3. The number of ether oxygens (including phenoxy) is 3. The Bertz CT molecular complexity index is 1010. The fourth-order valence-electron chi connectivity index (χ4n) is 3.04. The van der Waals surface area contributed by atoms with Gasteiger partial charge in [0.2, 0.25) is 0 Å². The third-order valence-electron chi connectivity index (χ3n) is 4.51. The summed E-state index contributed by atoms with van der Waals surface area (Å²) in [5.41, 5.74) is -0.187. The number of rotatable bonds is 8. The summed E-state index contributed by atoms with van der Waals surface area (Å²) in [5, 5.41) is 25.7. The Balaban J connectivity index is 2.62. The number of anilines is 1. The van der Waals surface area contributed by atoms with Crippen LogP contribution < -0.4 is 14.8 Å². The zero-order chi connectivity index (χ0) is 22.6. The van der Waals surface area contributed by atoms with Crippen LogP contribution in [0.1, 0.15) is 34.5 Å². The first-order valence-electron chi connectivity index (χ1n) is 8.68. The molecule has 1 unspecified atom stereocenters. The monoisotopic (exact) mass is 419 g/mol. The fraction of sp³-hybridized carbons (Fsp3) is 0.316. The summed E-state index contributed by atoms with van der Waals surface area (Å²) in [6, 6.07) is 4.66. The molecule has 0 radical (unpaired) electrons. The number of hydrogen-bond donors (Lipinski definition) is 1. The molecule has 11 nitrogen and oxygen atoms in total. The van der Waals surface area contributed by atoms with Crippen LogP contribution in [0.5, 0.6) is 11.5 Å². The number of nitro benzene ring substituents is 2. The van der Waals surface area contributed by atoms with Gasteiger partial charge in [0.05, 0.1) is 42.8 Å². The molecule has 0 aromatic heterocycles. The van der Waals surface area contributed by atoms with Gasteiger partial charge in [-0.15, -0.1) is 0 Å². The summed E-state index contributed by atoms with van der Waals surface area (Å²) >= 11 is 0. The molecule has 0 saturated heterocycles. The Hall–Kier alpha value is -3.89. The van der Waals surface area contributed by atoms with Crippen LogP contribution in [0.3, 0.4) is 0 Å². The Kier molecular flexibility index (Phi) is 6.77. The summed E-state index contributed by atoms with van der Waals surface area (Å²) in [6.45, 7) is 3.54. The Labute approximate surface area is 171 Å². The number of aryl methyl sites for hydroxylation is 1. The number of nitro groups is 2. The molecular weight excluding hydrogens is 398 g/mol. The first-order chi connectivity index (χ1) is 14.1. The van der Waals surface area contributed by atoms with E-state index in [-0.39, 0.29) is 11.3 Å². The fourth-order valence-corrected chi connectivity index (χ4v) is 3.04. The number of benzene rings is 2. The second-order valence-corrected chi connectivity index (χ2v) is 6.32. The predicted molar refractivity (Wildman–Crippen MR) is 107 cm³/mol. The van der Waals surface area contributed by atoms with Crippen molar-refractivity contribution in [2.75, 3.05) is 26.6 Å². The van der Waals surface area contributed by atoms with Gasteiger partial charge in [-0.05, 0) is 37.1 Å². The highest BCUT2D eigenvalue weighted by Crippen LogP contribution is 2.38. The van der Waals surface area contributed by atoms with E-state index >= 15 is 0 Å². The minimum Gasteiger partial charge on any atom is -0.493 e. The average Bonchev–Trinajstić information content (AvgIpc) is 2.72. The highest BCUT2D eigenvalue weighted by Gasteiger charge is 2.29. The second kappa shape index (κ2) is 9.07. The molecule has 2 aromatic carbocycles. The molecule has 0 bridgehead atoms. The number of non-ortho nitro benzene ring substituents is 1. The van der Waals surface area contributed by atoms with E-state index < -0.39 is 33.2 Å². The maximum absolute atomic E-state index is 12.2. The number of carbonyl (C=O) groups excluding carboxylic acids is 1. The maximum atomic E-state index is 12.2. The van der Waals surface area contributed by atoms with Crippen LogP contribution in [0, 0.1) is 27.2 Å². The molecule has 0 aliphatic carbocycles. The largest absolute Gasteiger partial charge is 0.493 e. The summed E-state index contributed by atoms with van der Waals surface area (Å²) < 4.78 is 15.2. The van der Waals surface area contributed by atoms with Gasteiger partial charge < -0.3 is 19.5 Å². The van der Waals surface area contributed by atoms with E-state index in [1.165, 1.54) is 14.2 Å². The third-order valence-corrected chi connectivity index (χ3v) is 4.51. The number of esters is 1. The average molecular weight is 419 g/mol. The summed E-state index contributed by atoms with van der Waals surface area (Å²) in [7, 11) is 4.06. The van der Waals surface area contributed by atoms with Crippen molar-refractivity contribution >= 4 is 23.0 Å². The smallest absolute Gasteiger partial charge is 0.340 e. The van der Waals surface area contributed by atoms with Crippen LogP contribution >= 0.6 is 0 Å². The van der Waals surface area contributed by atoms with E-state index in [1.54, 1.807) is 19.1 Å². The second-order valence-electron chi connectivity index (χ2n) is 6.32. The number of carbonyl (C=O) groups is 1. The lowest BCUT2D eigenvalue weighted by molar-refractivity contribution is -0.393. The lowest BCUT2D eigenvalue weighted by atomic mass is 10.00. The van der Waals surface area contributed by atoms with Gasteiger partial charge in [0, 0.05) is 12.1 Å². The Morgan fingerprint density at radius 3 is 2.10 bits per heavy atom. The van der Waals surface area contributed by atoms with Crippen molar-refractivity contribution in [1.82, 2.24) is 0 Å². The van der Waals surface area contributed by atoms with E-state index in [4.69, 9.17) is 9.47 Å². The molecule has 1 atom stereocenters. The molecule has 1 N–H and O–H groups in total. The molecule has 0 heterocycles. The molecule has 0 spiro atoms. The molecular formula is C19H21N3O8. The normalized spacial score (nSPS) is 11.4. The molecule has 160 valence electrons. The molecule has 2 rings (SSSR count). The molecule has 2 aromatic rings. The van der Waals surface area contributed by atoms with Gasteiger partial charge in [0.15, 0.2) is 11.5 Å². The summed E-state index contributed by atoms with van der Waals surface area (Å²) in [6.07, 6.45) is 0.